The van der Waals surface area contributed by atoms with Crippen LogP contribution in [-0.4, -0.2) is 18.2 Å². The Morgan fingerprint density at radius 2 is 1.79 bits per heavy atom. The molecule has 1 fully saturated rings. The number of hydrogen-bond donors (Lipinski definition) is 1. The summed E-state index contributed by atoms with van der Waals surface area (Å²) >= 11 is 0. The average Bonchev–Trinajstić information content (AvgIpc) is 3.09. The number of fused-ring (bicyclic) bond motifs is 1. The third kappa shape index (κ3) is 4.09. The zero-order valence-corrected chi connectivity index (χ0v) is 15.9. The van der Waals surface area contributed by atoms with Gasteiger partial charge in [0.25, 0.3) is 5.91 Å². The van der Waals surface area contributed by atoms with Crippen LogP contribution >= 0.6 is 0 Å². The van der Waals surface area contributed by atoms with Gasteiger partial charge in [-0.2, -0.15) is 5.10 Å². The molecule has 144 valence electrons. The number of amides is 1. The van der Waals surface area contributed by atoms with Gasteiger partial charge < -0.3 is 9.47 Å². The Kier molecular flexibility index (Phi) is 5.42. The summed E-state index contributed by atoms with van der Waals surface area (Å²) in [7, 11) is 0. The van der Waals surface area contributed by atoms with E-state index in [9.17, 15) is 4.79 Å². The van der Waals surface area contributed by atoms with Gasteiger partial charge in [0.1, 0.15) is 18.1 Å². The Bertz CT molecular complexity index is 885. The van der Waals surface area contributed by atoms with Crippen molar-refractivity contribution in [2.45, 2.75) is 26.4 Å². The molecule has 0 unspecified atom stereocenters. The Morgan fingerprint density at radius 3 is 2.46 bits per heavy atom. The topological polar surface area (TPSA) is 59.9 Å². The monoisotopic (exact) mass is 376 g/mol. The second kappa shape index (κ2) is 8.30. The van der Waals surface area contributed by atoms with Crippen molar-refractivity contribution >= 4 is 11.6 Å². The largest absolute Gasteiger partial charge is 0.494 e. The smallest absolute Gasteiger partial charge is 0.271 e. The Morgan fingerprint density at radius 1 is 1.07 bits per heavy atom. The number of allylic oxidation sites excluding steroid dienone is 2. The fourth-order valence-corrected chi connectivity index (χ4v) is 3.57. The van der Waals surface area contributed by atoms with Crippen molar-refractivity contribution in [3.05, 3.63) is 71.8 Å². The first-order valence-electron chi connectivity index (χ1n) is 9.71. The minimum atomic E-state index is -0.183. The van der Waals surface area contributed by atoms with Crippen molar-refractivity contribution in [3.8, 4) is 11.5 Å². The summed E-state index contributed by atoms with van der Waals surface area (Å²) in [4.78, 5) is 12.3. The fourth-order valence-electron chi connectivity index (χ4n) is 3.57. The molecule has 0 aliphatic heterocycles. The lowest BCUT2D eigenvalue weighted by molar-refractivity contribution is 0.0954. The molecule has 4 rings (SSSR count). The van der Waals surface area contributed by atoms with E-state index in [4.69, 9.17) is 9.47 Å². The van der Waals surface area contributed by atoms with Gasteiger partial charge in [-0.05, 0) is 67.6 Å². The third-order valence-electron chi connectivity index (χ3n) is 5.20. The summed E-state index contributed by atoms with van der Waals surface area (Å²) < 4.78 is 11.2. The van der Waals surface area contributed by atoms with E-state index in [-0.39, 0.29) is 5.91 Å². The molecule has 1 N–H and O–H groups in total. The lowest BCUT2D eigenvalue weighted by Crippen LogP contribution is -2.35. The molecule has 0 spiro atoms. The lowest BCUT2D eigenvalue weighted by atomic mass is 9.74. The molecule has 0 saturated heterocycles. The third-order valence-corrected chi connectivity index (χ3v) is 5.20. The number of carbonyl (C=O) groups excluding carboxylic acids is 1. The summed E-state index contributed by atoms with van der Waals surface area (Å²) in [5.41, 5.74) is 5.34. The van der Waals surface area contributed by atoms with Gasteiger partial charge in [-0.3, -0.25) is 4.79 Å². The SMILES string of the molecule is CCOc1ccc(OCc2ccc(C(=O)N/N=C3/C[C@H]4CC=C[C@@H]34)cc2)cc1. The summed E-state index contributed by atoms with van der Waals surface area (Å²) in [6, 6.07) is 14.9. The van der Waals surface area contributed by atoms with Crippen LogP contribution < -0.4 is 14.9 Å². The first kappa shape index (κ1) is 18.3. The fraction of sp³-hybridized carbons (Fsp3) is 0.304. The van der Waals surface area contributed by atoms with Crippen LogP contribution in [0.15, 0.2) is 65.8 Å². The number of ether oxygens (including phenoxy) is 2. The van der Waals surface area contributed by atoms with Gasteiger partial charge in [0, 0.05) is 17.2 Å². The molecule has 2 aliphatic carbocycles. The zero-order chi connectivity index (χ0) is 19.3. The maximum absolute atomic E-state index is 12.3. The van der Waals surface area contributed by atoms with Crippen molar-refractivity contribution in [2.24, 2.45) is 16.9 Å². The van der Waals surface area contributed by atoms with E-state index in [2.05, 4.69) is 22.7 Å². The molecule has 2 aromatic rings. The molecule has 2 aliphatic rings. The van der Waals surface area contributed by atoms with Crippen LogP contribution in [-0.2, 0) is 6.61 Å². The molecule has 0 heterocycles. The molecule has 5 heteroatoms. The van der Waals surface area contributed by atoms with Crippen molar-refractivity contribution in [3.63, 3.8) is 0 Å². The molecule has 0 aromatic heterocycles. The van der Waals surface area contributed by atoms with E-state index in [1.807, 2.05) is 43.3 Å². The highest BCUT2D eigenvalue weighted by Crippen LogP contribution is 2.40. The van der Waals surface area contributed by atoms with Crippen LogP contribution in [0.2, 0.25) is 0 Å². The molecule has 0 bridgehead atoms. The second-order valence-corrected chi connectivity index (χ2v) is 7.09. The molecule has 28 heavy (non-hydrogen) atoms. The van der Waals surface area contributed by atoms with Crippen LogP contribution in [0, 0.1) is 11.8 Å². The number of nitrogens with zero attached hydrogens (tertiary/aromatic N) is 1. The lowest BCUT2D eigenvalue weighted by Gasteiger charge is -2.31. The van der Waals surface area contributed by atoms with Crippen LogP contribution in [0.25, 0.3) is 0 Å². The van der Waals surface area contributed by atoms with Gasteiger partial charge in [-0.25, -0.2) is 5.43 Å². The molecule has 2 aromatic carbocycles. The number of hydrogen-bond acceptors (Lipinski definition) is 4. The van der Waals surface area contributed by atoms with E-state index in [0.29, 0.717) is 30.6 Å². The molecule has 2 atom stereocenters. The molecule has 5 nitrogen and oxygen atoms in total. The van der Waals surface area contributed by atoms with E-state index in [1.165, 1.54) is 0 Å². The number of carbonyl (C=O) groups is 1. The summed E-state index contributed by atoms with van der Waals surface area (Å²) in [5, 5.41) is 4.30. The van der Waals surface area contributed by atoms with E-state index >= 15 is 0 Å². The quantitative estimate of drug-likeness (QED) is 0.577. The predicted molar refractivity (Wildman–Crippen MR) is 109 cm³/mol. The summed E-state index contributed by atoms with van der Waals surface area (Å²) in [6.07, 6.45) is 6.52. The van der Waals surface area contributed by atoms with Gasteiger partial charge in [0.05, 0.1) is 6.61 Å². The highest BCUT2D eigenvalue weighted by molar-refractivity contribution is 5.98. The number of benzene rings is 2. The summed E-state index contributed by atoms with van der Waals surface area (Å²) in [6.45, 7) is 3.04. The van der Waals surface area contributed by atoms with Crippen molar-refractivity contribution < 1.29 is 14.3 Å². The van der Waals surface area contributed by atoms with Gasteiger partial charge >= 0.3 is 0 Å². The molecular formula is C23H24N2O3. The second-order valence-electron chi connectivity index (χ2n) is 7.09. The van der Waals surface area contributed by atoms with E-state index in [1.54, 1.807) is 12.1 Å². The van der Waals surface area contributed by atoms with Crippen LogP contribution in [0.3, 0.4) is 0 Å². The average molecular weight is 376 g/mol. The van der Waals surface area contributed by atoms with Gasteiger partial charge in [0.15, 0.2) is 0 Å². The Balaban J connectivity index is 1.28. The van der Waals surface area contributed by atoms with Crippen LogP contribution in [0.5, 0.6) is 11.5 Å². The van der Waals surface area contributed by atoms with Crippen LogP contribution in [0.4, 0.5) is 0 Å². The predicted octanol–water partition coefficient (Wildman–Crippen LogP) is 4.35. The van der Waals surface area contributed by atoms with Crippen LogP contribution in [0.1, 0.15) is 35.7 Å². The van der Waals surface area contributed by atoms with Crippen molar-refractivity contribution in [1.82, 2.24) is 5.43 Å². The van der Waals surface area contributed by atoms with Gasteiger partial charge in [-0.1, -0.05) is 24.3 Å². The van der Waals surface area contributed by atoms with Gasteiger partial charge in [0.2, 0.25) is 0 Å². The normalized spacial score (nSPS) is 21.1. The van der Waals surface area contributed by atoms with E-state index < -0.39 is 0 Å². The number of nitrogens with one attached hydrogen (secondary N) is 1. The highest BCUT2D eigenvalue weighted by atomic mass is 16.5. The standard InChI is InChI=1S/C23H24N2O3/c1-2-27-19-10-12-20(13-11-19)28-15-16-6-8-17(9-7-16)23(26)25-24-22-14-18-4-3-5-21(18)22/h3,5-13,18,21H,2,4,14-15H2,1H3,(H,25,26)/b24-22-/t18-,21-/m1/s1. The summed E-state index contributed by atoms with van der Waals surface area (Å²) in [5.74, 6) is 2.56. The maximum atomic E-state index is 12.3. The van der Waals surface area contributed by atoms with Crippen molar-refractivity contribution in [1.29, 1.82) is 0 Å². The molecule has 1 saturated carbocycles. The maximum Gasteiger partial charge on any atom is 0.271 e. The Labute approximate surface area is 165 Å². The minimum absolute atomic E-state index is 0.183. The minimum Gasteiger partial charge on any atom is -0.494 e. The number of hydrazone groups is 1. The zero-order valence-electron chi connectivity index (χ0n) is 15.9. The van der Waals surface area contributed by atoms with E-state index in [0.717, 1.165) is 35.6 Å². The first-order valence-corrected chi connectivity index (χ1v) is 9.71. The number of rotatable bonds is 7. The molecule has 0 radical (unpaired) electrons. The first-order chi connectivity index (χ1) is 13.7. The van der Waals surface area contributed by atoms with Gasteiger partial charge in [-0.15, -0.1) is 0 Å². The van der Waals surface area contributed by atoms with Crippen molar-refractivity contribution in [2.75, 3.05) is 6.61 Å². The Hall–Kier alpha value is -3.08. The molecule has 1 amide bonds. The highest BCUT2D eigenvalue weighted by Gasteiger charge is 2.37. The molecular weight excluding hydrogens is 352 g/mol.